The van der Waals surface area contributed by atoms with Gasteiger partial charge in [0.15, 0.2) is 0 Å². The van der Waals surface area contributed by atoms with E-state index < -0.39 is 47.9 Å². The maximum absolute atomic E-state index is 13.8. The number of hydrogen-bond donors (Lipinski definition) is 7. The summed E-state index contributed by atoms with van der Waals surface area (Å²) in [5.41, 5.74) is 1.43. The van der Waals surface area contributed by atoms with Crippen LogP contribution in [-0.2, 0) is 29.0 Å². The molecule has 0 saturated heterocycles. The van der Waals surface area contributed by atoms with Crippen molar-refractivity contribution in [3.05, 3.63) is 108 Å². The Morgan fingerprint density at radius 3 is 1.63 bits per heavy atom. The van der Waals surface area contributed by atoms with E-state index in [2.05, 4.69) is 21.3 Å². The van der Waals surface area contributed by atoms with E-state index in [1.807, 2.05) is 91.0 Å². The number of carboxylic acid groups (broad SMARTS) is 1. The van der Waals surface area contributed by atoms with Gasteiger partial charge in [-0.25, -0.2) is 9.59 Å². The molecule has 7 N–H and O–H groups in total. The Hall–Kier alpha value is -4.45. The van der Waals surface area contributed by atoms with E-state index in [0.717, 1.165) is 29.5 Å². The third kappa shape index (κ3) is 10.6. The molecule has 1 aliphatic rings. The average molecular weight is 633 g/mol. The molecule has 1 fully saturated rings. The maximum Gasteiger partial charge on any atom is 0.408 e. The Labute approximate surface area is 269 Å². The van der Waals surface area contributed by atoms with Crippen LogP contribution in [0.3, 0.4) is 0 Å². The summed E-state index contributed by atoms with van der Waals surface area (Å²) in [4.78, 5) is 38.0. The van der Waals surface area contributed by atoms with E-state index >= 15 is 0 Å². The summed E-state index contributed by atoms with van der Waals surface area (Å²) < 4.78 is 5.41. The Morgan fingerprint density at radius 2 is 1.15 bits per heavy atom. The highest BCUT2D eigenvalue weighted by Gasteiger charge is 2.44. The highest BCUT2D eigenvalue weighted by atomic mass is 16.5. The summed E-state index contributed by atoms with van der Waals surface area (Å²) in [5, 5.41) is 42.7. The van der Waals surface area contributed by atoms with Gasteiger partial charge < -0.3 is 41.3 Å². The van der Waals surface area contributed by atoms with Crippen molar-refractivity contribution < 1.29 is 34.4 Å². The number of rotatable bonds is 16. The highest BCUT2D eigenvalue weighted by Crippen LogP contribution is 2.30. The van der Waals surface area contributed by atoms with Gasteiger partial charge in [-0.3, -0.25) is 4.79 Å². The van der Waals surface area contributed by atoms with E-state index in [9.17, 15) is 29.7 Å². The van der Waals surface area contributed by atoms with Crippen LogP contribution < -0.4 is 21.3 Å². The topological polar surface area (TPSA) is 169 Å². The fourth-order valence-electron chi connectivity index (χ4n) is 5.77. The number of aliphatic hydroxyl groups excluding tert-OH is 2. The minimum absolute atomic E-state index is 0.000405. The van der Waals surface area contributed by atoms with Crippen molar-refractivity contribution >= 4 is 18.1 Å². The Bertz CT molecular complexity index is 1370. The number of carbonyl (C=O) groups is 3. The number of ether oxygens (including phenoxy) is 1. The molecule has 1 saturated carbocycles. The van der Waals surface area contributed by atoms with E-state index in [1.165, 1.54) is 0 Å². The van der Waals surface area contributed by atoms with Crippen molar-refractivity contribution in [1.82, 2.24) is 21.3 Å². The lowest BCUT2D eigenvalue weighted by Crippen LogP contribution is -2.61. The third-order valence-corrected chi connectivity index (χ3v) is 8.30. The molecule has 4 rings (SSSR count). The van der Waals surface area contributed by atoms with Crippen molar-refractivity contribution in [2.24, 2.45) is 0 Å². The monoisotopic (exact) mass is 632 g/mol. The van der Waals surface area contributed by atoms with E-state index in [1.54, 1.807) is 0 Å². The number of carbonyl (C=O) groups excluding carboxylic acids is 2. The summed E-state index contributed by atoms with van der Waals surface area (Å²) in [6.45, 7) is 0.0878. The van der Waals surface area contributed by atoms with Crippen LogP contribution in [-0.4, -0.2) is 76.3 Å². The molecule has 1 aliphatic carbocycles. The van der Waals surface area contributed by atoms with E-state index in [-0.39, 0.29) is 26.1 Å². The van der Waals surface area contributed by atoms with Gasteiger partial charge >= 0.3 is 12.2 Å². The van der Waals surface area contributed by atoms with Crippen LogP contribution in [0.15, 0.2) is 91.0 Å². The van der Waals surface area contributed by atoms with Crippen LogP contribution in [0.5, 0.6) is 0 Å². The molecule has 11 heteroatoms. The zero-order chi connectivity index (χ0) is 32.8. The van der Waals surface area contributed by atoms with Crippen molar-refractivity contribution in [1.29, 1.82) is 0 Å². The molecule has 4 atom stereocenters. The molecule has 0 spiro atoms. The van der Waals surface area contributed by atoms with Crippen molar-refractivity contribution in [2.45, 2.75) is 75.0 Å². The molecule has 0 heterocycles. The smallest absolute Gasteiger partial charge is 0.408 e. The molecule has 3 amide bonds. The molecule has 46 heavy (non-hydrogen) atoms. The quantitative estimate of drug-likeness (QED) is 0.126. The van der Waals surface area contributed by atoms with Gasteiger partial charge in [-0.2, -0.15) is 0 Å². The average Bonchev–Trinajstić information content (AvgIpc) is 3.54. The third-order valence-electron chi connectivity index (χ3n) is 8.30. The van der Waals surface area contributed by atoms with Crippen LogP contribution >= 0.6 is 0 Å². The minimum atomic E-state index is -1.25. The fourth-order valence-corrected chi connectivity index (χ4v) is 5.77. The van der Waals surface area contributed by atoms with Crippen LogP contribution in [0, 0.1) is 0 Å². The Kier molecular flexibility index (Phi) is 12.9. The number of hydrogen-bond acceptors (Lipinski definition) is 7. The highest BCUT2D eigenvalue weighted by molar-refractivity contribution is 5.90. The summed E-state index contributed by atoms with van der Waals surface area (Å²) in [5.74, 6) is -0.393. The first-order valence-electron chi connectivity index (χ1n) is 15.7. The summed E-state index contributed by atoms with van der Waals surface area (Å²) in [6, 6.07) is 26.5. The van der Waals surface area contributed by atoms with Gasteiger partial charge in [-0.05, 0) is 42.4 Å². The van der Waals surface area contributed by atoms with Crippen LogP contribution in [0.25, 0.3) is 0 Å². The largest absolute Gasteiger partial charge is 0.465 e. The maximum atomic E-state index is 13.8. The molecule has 11 nitrogen and oxygen atoms in total. The second-order valence-electron chi connectivity index (χ2n) is 11.8. The Balaban J connectivity index is 1.38. The first-order chi connectivity index (χ1) is 22.2. The fraction of sp³-hybridized carbons (Fsp3) is 0.400. The van der Waals surface area contributed by atoms with Gasteiger partial charge in [0.2, 0.25) is 5.91 Å². The predicted molar refractivity (Wildman–Crippen MR) is 173 cm³/mol. The number of benzene rings is 3. The lowest BCUT2D eigenvalue weighted by Gasteiger charge is -2.33. The summed E-state index contributed by atoms with van der Waals surface area (Å²) >= 11 is 0. The molecule has 3 aromatic rings. The van der Waals surface area contributed by atoms with Gasteiger partial charge in [0.1, 0.15) is 12.1 Å². The molecule has 1 unspecified atom stereocenters. The SMILES string of the molecule is O=C(O)N[C@@H](Cc1ccccc1)[C@H](O)CNCC(O)[C@H](Cc1ccccc1)NC(=O)C1(NC(=O)OCc2ccccc2)CCCC1. The first kappa shape index (κ1) is 34.4. The molecule has 0 radical (unpaired) electrons. The van der Waals surface area contributed by atoms with Crippen molar-refractivity contribution in [2.75, 3.05) is 13.1 Å². The predicted octanol–water partition coefficient (Wildman–Crippen LogP) is 3.14. The number of amides is 3. The zero-order valence-electron chi connectivity index (χ0n) is 25.8. The van der Waals surface area contributed by atoms with Gasteiger partial charge in [-0.1, -0.05) is 104 Å². The molecule has 0 bridgehead atoms. The first-order valence-corrected chi connectivity index (χ1v) is 15.7. The lowest BCUT2D eigenvalue weighted by atomic mass is 9.94. The van der Waals surface area contributed by atoms with Crippen LogP contribution in [0.2, 0.25) is 0 Å². The number of aliphatic hydroxyl groups is 2. The number of alkyl carbamates (subject to hydrolysis) is 1. The Morgan fingerprint density at radius 1 is 0.696 bits per heavy atom. The van der Waals surface area contributed by atoms with Crippen LogP contribution in [0.4, 0.5) is 9.59 Å². The zero-order valence-corrected chi connectivity index (χ0v) is 25.8. The van der Waals surface area contributed by atoms with E-state index in [0.29, 0.717) is 19.3 Å². The van der Waals surface area contributed by atoms with Crippen molar-refractivity contribution in [3.63, 3.8) is 0 Å². The van der Waals surface area contributed by atoms with Crippen LogP contribution in [0.1, 0.15) is 42.4 Å². The van der Waals surface area contributed by atoms with Gasteiger partial charge in [0, 0.05) is 13.1 Å². The minimum Gasteiger partial charge on any atom is -0.465 e. The molecule has 0 aliphatic heterocycles. The van der Waals surface area contributed by atoms with Gasteiger partial charge in [-0.15, -0.1) is 0 Å². The molecule has 0 aromatic heterocycles. The normalized spacial score (nSPS) is 16.4. The van der Waals surface area contributed by atoms with Gasteiger partial charge in [0.25, 0.3) is 0 Å². The second kappa shape index (κ2) is 17.3. The molecule has 3 aromatic carbocycles. The van der Waals surface area contributed by atoms with Gasteiger partial charge in [0.05, 0.1) is 24.3 Å². The van der Waals surface area contributed by atoms with Crippen molar-refractivity contribution in [3.8, 4) is 0 Å². The molecular formula is C35H44N4O7. The number of nitrogens with one attached hydrogen (secondary N) is 4. The summed E-state index contributed by atoms with van der Waals surface area (Å²) in [7, 11) is 0. The molecular weight excluding hydrogens is 588 g/mol. The van der Waals surface area contributed by atoms with E-state index in [4.69, 9.17) is 4.74 Å². The second-order valence-corrected chi connectivity index (χ2v) is 11.8. The standard InChI is InChI=1S/C35H44N4O7/c40-30(22-36-23-31(41)29(38-33(43)44)21-26-14-6-2-7-15-26)28(20-25-12-4-1-5-13-25)37-32(42)35(18-10-11-19-35)39-34(45)46-24-27-16-8-3-9-17-27/h1-9,12-17,28-31,36,38,40-41H,10-11,18-24H2,(H,37,42)(H,39,45)(H,43,44)/t28-,29-,30?,31+/m0/s1. The summed E-state index contributed by atoms with van der Waals surface area (Å²) in [6.07, 6.45) is -1.08. The molecule has 246 valence electrons. The lowest BCUT2D eigenvalue weighted by molar-refractivity contribution is -0.129.